The molecule has 0 spiro atoms. The van der Waals surface area contributed by atoms with E-state index in [-0.39, 0.29) is 23.6 Å². The van der Waals surface area contributed by atoms with Crippen LogP contribution < -0.4 is 9.47 Å². The third-order valence-electron chi connectivity index (χ3n) is 5.47. The number of carboxylic acid groups (broad SMARTS) is 1. The standard InChI is InChI=1S/C23H28N2O7/c26-18(16-32-22-8-4-7-21(25(29)30)20(22)13-23(27)28)14-24-11-9-17(10-12-24)15-31-19-5-2-1-3-6-19/h1-8,17-18,26H,9-16H2,(H,27,28). The van der Waals surface area contributed by atoms with Crippen LogP contribution in [-0.4, -0.2) is 65.0 Å². The van der Waals surface area contributed by atoms with E-state index < -0.39 is 23.4 Å². The summed E-state index contributed by atoms with van der Waals surface area (Å²) < 4.78 is 11.4. The zero-order chi connectivity index (χ0) is 22.9. The Balaban J connectivity index is 1.45. The number of nitrogens with zero attached hydrogens (tertiary/aromatic N) is 2. The fourth-order valence-electron chi connectivity index (χ4n) is 3.79. The largest absolute Gasteiger partial charge is 0.493 e. The molecule has 1 saturated heterocycles. The number of likely N-dealkylation sites (tertiary alicyclic amines) is 1. The maximum Gasteiger partial charge on any atom is 0.308 e. The normalized spacial score (nSPS) is 15.8. The predicted octanol–water partition coefficient (Wildman–Crippen LogP) is 2.75. The van der Waals surface area contributed by atoms with Gasteiger partial charge < -0.3 is 24.6 Å². The molecule has 9 nitrogen and oxygen atoms in total. The lowest BCUT2D eigenvalue weighted by Crippen LogP contribution is -2.41. The Morgan fingerprint density at radius 2 is 1.84 bits per heavy atom. The van der Waals surface area contributed by atoms with Crippen molar-refractivity contribution in [2.45, 2.75) is 25.4 Å². The highest BCUT2D eigenvalue weighted by atomic mass is 16.6. The number of nitro benzene ring substituents is 1. The molecule has 0 aliphatic carbocycles. The number of nitro groups is 1. The average molecular weight is 444 g/mol. The minimum absolute atomic E-state index is 0.00331. The van der Waals surface area contributed by atoms with Gasteiger partial charge in [-0.3, -0.25) is 14.9 Å². The van der Waals surface area contributed by atoms with E-state index in [1.165, 1.54) is 18.2 Å². The lowest BCUT2D eigenvalue weighted by molar-refractivity contribution is -0.385. The molecule has 2 aromatic carbocycles. The number of hydrogen-bond donors (Lipinski definition) is 2. The summed E-state index contributed by atoms with van der Waals surface area (Å²) in [7, 11) is 0. The first kappa shape index (κ1) is 23.5. The van der Waals surface area contributed by atoms with Crippen molar-refractivity contribution < 1.29 is 29.4 Å². The van der Waals surface area contributed by atoms with E-state index in [0.717, 1.165) is 31.7 Å². The second-order valence-corrected chi connectivity index (χ2v) is 7.91. The van der Waals surface area contributed by atoms with Crippen molar-refractivity contribution in [3.05, 3.63) is 64.2 Å². The van der Waals surface area contributed by atoms with Crippen molar-refractivity contribution in [3.8, 4) is 11.5 Å². The summed E-state index contributed by atoms with van der Waals surface area (Å²) in [5.74, 6) is 0.246. The number of benzene rings is 2. The molecule has 0 amide bonds. The Hall–Kier alpha value is -3.17. The summed E-state index contributed by atoms with van der Waals surface area (Å²) in [5.41, 5.74) is -0.310. The topological polar surface area (TPSA) is 122 Å². The third kappa shape index (κ3) is 6.93. The monoisotopic (exact) mass is 444 g/mol. The number of ether oxygens (including phenoxy) is 2. The molecule has 1 aliphatic rings. The number of carbonyl (C=O) groups is 1. The van der Waals surface area contributed by atoms with E-state index in [4.69, 9.17) is 14.6 Å². The molecule has 9 heteroatoms. The van der Waals surface area contributed by atoms with Crippen LogP contribution in [0.5, 0.6) is 11.5 Å². The quantitative estimate of drug-likeness (QED) is 0.401. The summed E-state index contributed by atoms with van der Waals surface area (Å²) in [6.07, 6.45) is 0.604. The van der Waals surface area contributed by atoms with E-state index in [0.29, 0.717) is 19.1 Å². The van der Waals surface area contributed by atoms with Crippen LogP contribution in [0.3, 0.4) is 0 Å². The van der Waals surface area contributed by atoms with Gasteiger partial charge in [0.15, 0.2) is 0 Å². The first-order valence-corrected chi connectivity index (χ1v) is 10.6. The highest BCUT2D eigenvalue weighted by molar-refractivity contribution is 5.73. The van der Waals surface area contributed by atoms with Gasteiger partial charge in [0.25, 0.3) is 5.69 Å². The molecule has 172 valence electrons. The van der Waals surface area contributed by atoms with Crippen molar-refractivity contribution in [2.75, 3.05) is 32.8 Å². The Bertz CT molecular complexity index is 898. The molecule has 0 bridgehead atoms. The number of para-hydroxylation sites is 1. The Kier molecular flexibility index (Phi) is 8.41. The number of hydrogen-bond acceptors (Lipinski definition) is 7. The highest BCUT2D eigenvalue weighted by Gasteiger charge is 2.24. The maximum atomic E-state index is 11.2. The third-order valence-corrected chi connectivity index (χ3v) is 5.47. The van der Waals surface area contributed by atoms with Crippen LogP contribution in [0.4, 0.5) is 5.69 Å². The van der Waals surface area contributed by atoms with E-state index in [2.05, 4.69) is 4.90 Å². The molecule has 1 atom stereocenters. The molecule has 32 heavy (non-hydrogen) atoms. The van der Waals surface area contributed by atoms with Gasteiger partial charge in [0.05, 0.1) is 23.5 Å². The second-order valence-electron chi connectivity index (χ2n) is 7.91. The fraction of sp³-hybridized carbons (Fsp3) is 0.435. The summed E-state index contributed by atoms with van der Waals surface area (Å²) in [4.78, 5) is 23.8. The molecule has 1 heterocycles. The van der Waals surface area contributed by atoms with Gasteiger partial charge in [0, 0.05) is 12.6 Å². The molecular weight excluding hydrogens is 416 g/mol. The lowest BCUT2D eigenvalue weighted by Gasteiger charge is -2.33. The van der Waals surface area contributed by atoms with Crippen LogP contribution in [0.1, 0.15) is 18.4 Å². The molecule has 2 aromatic rings. The summed E-state index contributed by atoms with van der Waals surface area (Å²) >= 11 is 0. The summed E-state index contributed by atoms with van der Waals surface area (Å²) in [5, 5.41) is 30.7. The van der Waals surface area contributed by atoms with E-state index in [1.807, 2.05) is 30.3 Å². The Morgan fingerprint density at radius 3 is 2.50 bits per heavy atom. The summed E-state index contributed by atoms with van der Waals surface area (Å²) in [6.45, 7) is 2.67. The van der Waals surface area contributed by atoms with Crippen LogP contribution in [0.2, 0.25) is 0 Å². The number of carboxylic acids is 1. The van der Waals surface area contributed by atoms with Gasteiger partial charge in [0.1, 0.15) is 24.2 Å². The second kappa shape index (κ2) is 11.4. The number of piperidine rings is 1. The van der Waals surface area contributed by atoms with Gasteiger partial charge in [-0.25, -0.2) is 0 Å². The SMILES string of the molecule is O=C(O)Cc1c(OCC(O)CN2CCC(COc3ccccc3)CC2)cccc1[N+](=O)[O-]. The van der Waals surface area contributed by atoms with Gasteiger partial charge >= 0.3 is 5.97 Å². The molecule has 1 aliphatic heterocycles. The molecular formula is C23H28N2O7. The molecule has 0 radical (unpaired) electrons. The summed E-state index contributed by atoms with van der Waals surface area (Å²) in [6, 6.07) is 13.9. The predicted molar refractivity (Wildman–Crippen MR) is 117 cm³/mol. The molecule has 1 fully saturated rings. The first-order valence-electron chi connectivity index (χ1n) is 10.6. The Labute approximate surface area is 186 Å². The maximum absolute atomic E-state index is 11.2. The zero-order valence-corrected chi connectivity index (χ0v) is 17.8. The lowest BCUT2D eigenvalue weighted by atomic mass is 9.97. The van der Waals surface area contributed by atoms with Crippen molar-refractivity contribution in [2.24, 2.45) is 5.92 Å². The smallest absolute Gasteiger partial charge is 0.308 e. The van der Waals surface area contributed by atoms with Crippen molar-refractivity contribution >= 4 is 11.7 Å². The zero-order valence-electron chi connectivity index (χ0n) is 17.8. The first-order chi connectivity index (χ1) is 15.4. The van der Waals surface area contributed by atoms with E-state index in [1.54, 1.807) is 0 Å². The van der Waals surface area contributed by atoms with Crippen LogP contribution in [-0.2, 0) is 11.2 Å². The van der Waals surface area contributed by atoms with E-state index >= 15 is 0 Å². The van der Waals surface area contributed by atoms with Crippen molar-refractivity contribution in [1.82, 2.24) is 4.90 Å². The van der Waals surface area contributed by atoms with E-state index in [9.17, 15) is 20.0 Å². The number of aliphatic hydroxyl groups excluding tert-OH is 1. The van der Waals surface area contributed by atoms with Gasteiger partial charge in [0.2, 0.25) is 0 Å². The van der Waals surface area contributed by atoms with Crippen LogP contribution in [0.15, 0.2) is 48.5 Å². The van der Waals surface area contributed by atoms with Crippen molar-refractivity contribution in [1.29, 1.82) is 0 Å². The van der Waals surface area contributed by atoms with Crippen LogP contribution >= 0.6 is 0 Å². The highest BCUT2D eigenvalue weighted by Crippen LogP contribution is 2.29. The Morgan fingerprint density at radius 1 is 1.12 bits per heavy atom. The van der Waals surface area contributed by atoms with Gasteiger partial charge in [-0.2, -0.15) is 0 Å². The minimum atomic E-state index is -1.19. The van der Waals surface area contributed by atoms with Crippen molar-refractivity contribution in [3.63, 3.8) is 0 Å². The molecule has 3 rings (SSSR count). The number of β-amino-alcohol motifs (C(OH)–C–C–N with tert-alkyl or cyclic N) is 1. The van der Waals surface area contributed by atoms with Gasteiger partial charge in [-0.1, -0.05) is 24.3 Å². The number of rotatable bonds is 11. The molecule has 2 N–H and O–H groups in total. The number of aliphatic hydroxyl groups is 1. The fourth-order valence-corrected chi connectivity index (χ4v) is 3.79. The average Bonchev–Trinajstić information content (AvgIpc) is 2.78. The molecule has 1 unspecified atom stereocenters. The molecule has 0 saturated carbocycles. The number of aliphatic carboxylic acids is 1. The van der Waals surface area contributed by atoms with Gasteiger partial charge in [-0.05, 0) is 50.0 Å². The van der Waals surface area contributed by atoms with Crippen LogP contribution in [0.25, 0.3) is 0 Å². The molecule has 0 aromatic heterocycles. The van der Waals surface area contributed by atoms with Gasteiger partial charge in [-0.15, -0.1) is 0 Å². The van der Waals surface area contributed by atoms with Crippen LogP contribution in [0, 0.1) is 16.0 Å². The minimum Gasteiger partial charge on any atom is -0.493 e.